The number of methoxy groups -OCH3 is 1. The fraction of sp³-hybridized carbons (Fsp3) is 0.292. The van der Waals surface area contributed by atoms with Gasteiger partial charge in [0.05, 0.1) is 23.9 Å². The summed E-state index contributed by atoms with van der Waals surface area (Å²) in [6, 6.07) is 15.1. The van der Waals surface area contributed by atoms with Gasteiger partial charge in [-0.25, -0.2) is 14.6 Å². The number of hydrogen-bond donors (Lipinski definition) is 0. The van der Waals surface area contributed by atoms with Gasteiger partial charge in [0, 0.05) is 5.39 Å². The van der Waals surface area contributed by atoms with Crippen LogP contribution >= 0.6 is 0 Å². The maximum absolute atomic E-state index is 12.3. The zero-order chi connectivity index (χ0) is 21.7. The number of ether oxygens (including phenoxy) is 3. The van der Waals surface area contributed by atoms with Gasteiger partial charge in [-0.2, -0.15) is 0 Å². The van der Waals surface area contributed by atoms with Crippen molar-refractivity contribution in [2.24, 2.45) is 0 Å². The van der Waals surface area contributed by atoms with Crippen LogP contribution in [0.1, 0.15) is 46.9 Å². The smallest absolute Gasteiger partial charge is 0.344 e. The predicted octanol–water partition coefficient (Wildman–Crippen LogP) is 4.58. The molecule has 3 rings (SSSR count). The molecule has 0 aliphatic heterocycles. The van der Waals surface area contributed by atoms with Crippen molar-refractivity contribution < 1.29 is 23.8 Å². The molecule has 156 valence electrons. The SMILES string of the molecule is COC(=O)c1c(COC(=O)COc2ccccc2C(C)C)nc2ccccc2c1C. The minimum Gasteiger partial charge on any atom is -0.482 e. The van der Waals surface area contributed by atoms with Crippen molar-refractivity contribution in [1.82, 2.24) is 4.98 Å². The lowest BCUT2D eigenvalue weighted by molar-refractivity contribution is -0.147. The highest BCUT2D eigenvalue weighted by molar-refractivity contribution is 5.98. The lowest BCUT2D eigenvalue weighted by atomic mass is 10.0. The van der Waals surface area contributed by atoms with Crippen molar-refractivity contribution in [2.75, 3.05) is 13.7 Å². The minimum absolute atomic E-state index is 0.149. The van der Waals surface area contributed by atoms with Gasteiger partial charge < -0.3 is 14.2 Å². The number of benzene rings is 2. The molecule has 0 radical (unpaired) electrons. The van der Waals surface area contributed by atoms with Gasteiger partial charge in [0.1, 0.15) is 12.4 Å². The molecule has 2 aromatic carbocycles. The van der Waals surface area contributed by atoms with Crippen LogP contribution in [0.15, 0.2) is 48.5 Å². The third-order valence-electron chi connectivity index (χ3n) is 4.87. The molecule has 0 aliphatic carbocycles. The van der Waals surface area contributed by atoms with Crippen LogP contribution in [0.4, 0.5) is 0 Å². The molecule has 0 bridgehead atoms. The standard InChI is InChI=1S/C24H25NO5/c1-15(2)17-9-6-8-12-21(17)29-14-22(26)30-13-20-23(24(27)28-4)16(3)18-10-5-7-11-19(18)25-20/h5-12,15H,13-14H2,1-4H3. The summed E-state index contributed by atoms with van der Waals surface area (Å²) >= 11 is 0. The van der Waals surface area contributed by atoms with Crippen LogP contribution < -0.4 is 4.74 Å². The third-order valence-corrected chi connectivity index (χ3v) is 4.87. The average Bonchev–Trinajstić information content (AvgIpc) is 2.76. The van der Waals surface area contributed by atoms with Gasteiger partial charge in [0.15, 0.2) is 6.61 Å². The van der Waals surface area contributed by atoms with E-state index in [0.717, 1.165) is 22.0 Å². The number of rotatable bonds is 7. The van der Waals surface area contributed by atoms with Gasteiger partial charge >= 0.3 is 11.9 Å². The molecule has 1 heterocycles. The Balaban J connectivity index is 1.75. The number of pyridine rings is 1. The van der Waals surface area contributed by atoms with E-state index in [0.29, 0.717) is 17.0 Å². The predicted molar refractivity (Wildman–Crippen MR) is 114 cm³/mol. The zero-order valence-electron chi connectivity index (χ0n) is 17.6. The van der Waals surface area contributed by atoms with Crippen LogP contribution in [-0.4, -0.2) is 30.6 Å². The zero-order valence-corrected chi connectivity index (χ0v) is 17.6. The molecule has 0 aliphatic rings. The fourth-order valence-electron chi connectivity index (χ4n) is 3.33. The Kier molecular flexibility index (Phi) is 6.67. The number of carbonyl (C=O) groups excluding carboxylic acids is 2. The average molecular weight is 407 g/mol. The second-order valence-corrected chi connectivity index (χ2v) is 7.21. The molecule has 0 fully saturated rings. The van der Waals surface area contributed by atoms with Gasteiger partial charge in [0.2, 0.25) is 0 Å². The Hall–Kier alpha value is -3.41. The molecular weight excluding hydrogens is 382 g/mol. The molecule has 0 saturated carbocycles. The normalized spacial score (nSPS) is 10.8. The largest absolute Gasteiger partial charge is 0.482 e. The van der Waals surface area contributed by atoms with Gasteiger partial charge in [-0.3, -0.25) is 0 Å². The number of carbonyl (C=O) groups is 2. The topological polar surface area (TPSA) is 74.7 Å². The quantitative estimate of drug-likeness (QED) is 0.534. The molecule has 1 aromatic heterocycles. The Morgan fingerprint density at radius 2 is 1.73 bits per heavy atom. The summed E-state index contributed by atoms with van der Waals surface area (Å²) < 4.78 is 15.9. The van der Waals surface area contributed by atoms with Gasteiger partial charge in [-0.1, -0.05) is 50.2 Å². The number of aromatic nitrogens is 1. The summed E-state index contributed by atoms with van der Waals surface area (Å²) in [5, 5.41) is 0.849. The van der Waals surface area contributed by atoms with E-state index in [1.807, 2.05) is 55.5 Å². The monoisotopic (exact) mass is 407 g/mol. The van der Waals surface area contributed by atoms with Crippen LogP contribution in [0.25, 0.3) is 10.9 Å². The van der Waals surface area contributed by atoms with Crippen LogP contribution in [-0.2, 0) is 20.9 Å². The summed E-state index contributed by atoms with van der Waals surface area (Å²) in [5.74, 6) is -0.139. The van der Waals surface area contributed by atoms with E-state index < -0.39 is 11.9 Å². The molecule has 3 aromatic rings. The van der Waals surface area contributed by atoms with Crippen LogP contribution in [0.3, 0.4) is 0 Å². The second-order valence-electron chi connectivity index (χ2n) is 7.21. The first-order chi connectivity index (χ1) is 14.4. The molecule has 30 heavy (non-hydrogen) atoms. The van der Waals surface area contributed by atoms with Crippen LogP contribution in [0.2, 0.25) is 0 Å². The van der Waals surface area contributed by atoms with E-state index in [9.17, 15) is 9.59 Å². The highest BCUT2D eigenvalue weighted by atomic mass is 16.6. The lowest BCUT2D eigenvalue weighted by Crippen LogP contribution is -2.18. The number of para-hydroxylation sites is 2. The molecule has 6 heteroatoms. The number of esters is 2. The maximum atomic E-state index is 12.3. The van der Waals surface area contributed by atoms with Crippen molar-refractivity contribution in [2.45, 2.75) is 33.3 Å². The Bertz CT molecular complexity index is 1070. The molecule has 0 spiro atoms. The van der Waals surface area contributed by atoms with Gasteiger partial charge in [0.25, 0.3) is 0 Å². The molecular formula is C24H25NO5. The Labute approximate surface area is 175 Å². The fourth-order valence-corrected chi connectivity index (χ4v) is 3.33. The summed E-state index contributed by atoms with van der Waals surface area (Å²) in [6.45, 7) is 5.56. The summed E-state index contributed by atoms with van der Waals surface area (Å²) in [4.78, 5) is 29.1. The summed E-state index contributed by atoms with van der Waals surface area (Å²) in [5.41, 5.74) is 3.14. The number of fused-ring (bicyclic) bond motifs is 1. The van der Waals surface area contributed by atoms with E-state index in [1.165, 1.54) is 7.11 Å². The van der Waals surface area contributed by atoms with Gasteiger partial charge in [-0.15, -0.1) is 0 Å². The third kappa shape index (κ3) is 4.59. The van der Waals surface area contributed by atoms with Crippen LogP contribution in [0, 0.1) is 6.92 Å². The molecule has 6 nitrogen and oxygen atoms in total. The van der Waals surface area contributed by atoms with E-state index in [-0.39, 0.29) is 19.1 Å². The van der Waals surface area contributed by atoms with E-state index in [1.54, 1.807) is 0 Å². The van der Waals surface area contributed by atoms with Crippen molar-refractivity contribution in [3.63, 3.8) is 0 Å². The first-order valence-corrected chi connectivity index (χ1v) is 9.76. The first kappa shape index (κ1) is 21.3. The lowest BCUT2D eigenvalue weighted by Gasteiger charge is -2.15. The van der Waals surface area contributed by atoms with Crippen LogP contribution in [0.5, 0.6) is 5.75 Å². The first-order valence-electron chi connectivity index (χ1n) is 9.76. The molecule has 0 N–H and O–H groups in total. The maximum Gasteiger partial charge on any atom is 0.344 e. The van der Waals surface area contributed by atoms with Crippen molar-refractivity contribution in [3.8, 4) is 5.75 Å². The van der Waals surface area contributed by atoms with Crippen molar-refractivity contribution in [1.29, 1.82) is 0 Å². The van der Waals surface area contributed by atoms with Gasteiger partial charge in [-0.05, 0) is 36.1 Å². The number of nitrogens with zero attached hydrogens (tertiary/aromatic N) is 1. The van der Waals surface area contributed by atoms with E-state index >= 15 is 0 Å². The minimum atomic E-state index is -0.544. The van der Waals surface area contributed by atoms with Crippen molar-refractivity contribution >= 4 is 22.8 Å². The molecule has 0 saturated heterocycles. The highest BCUT2D eigenvalue weighted by Crippen LogP contribution is 2.26. The molecule has 0 amide bonds. The summed E-state index contributed by atoms with van der Waals surface area (Å²) in [6.07, 6.45) is 0. The Morgan fingerprint density at radius 1 is 1.03 bits per heavy atom. The second kappa shape index (κ2) is 9.39. The highest BCUT2D eigenvalue weighted by Gasteiger charge is 2.20. The van der Waals surface area contributed by atoms with E-state index in [4.69, 9.17) is 14.2 Å². The Morgan fingerprint density at radius 3 is 2.47 bits per heavy atom. The molecule has 0 unspecified atom stereocenters. The molecule has 0 atom stereocenters. The van der Waals surface area contributed by atoms with Crippen molar-refractivity contribution in [3.05, 3.63) is 70.9 Å². The summed E-state index contributed by atoms with van der Waals surface area (Å²) in [7, 11) is 1.31. The number of aryl methyl sites for hydroxylation is 1. The number of hydrogen-bond acceptors (Lipinski definition) is 6. The van der Waals surface area contributed by atoms with E-state index in [2.05, 4.69) is 18.8 Å².